The van der Waals surface area contributed by atoms with Crippen molar-refractivity contribution in [2.45, 2.75) is 39.2 Å². The summed E-state index contributed by atoms with van der Waals surface area (Å²) in [5.41, 5.74) is 1.73. The molecule has 0 bridgehead atoms. The van der Waals surface area contributed by atoms with Crippen molar-refractivity contribution in [3.63, 3.8) is 0 Å². The Hall–Kier alpha value is -2.82. The van der Waals surface area contributed by atoms with Crippen molar-refractivity contribution in [3.8, 4) is 5.75 Å². The number of hydrogen-bond acceptors (Lipinski definition) is 3. The Morgan fingerprint density at radius 3 is 2.27 bits per heavy atom. The minimum Gasteiger partial charge on any atom is -0.494 e. The maximum atomic E-state index is 12.0. The molecular formula is C21H26N2O3. The summed E-state index contributed by atoms with van der Waals surface area (Å²) in [5, 5.41) is 5.70. The number of rotatable bonds is 9. The van der Waals surface area contributed by atoms with E-state index in [1.165, 1.54) is 0 Å². The standard InChI is InChI=1S/C21H26N2O3/c1-3-15-26-19-11-9-18(10-12-19)23-21(25)14-13-20(24)22-16(2)17-7-5-4-6-8-17/h4-12,16H,3,13-15H2,1-2H3,(H,22,24)(H,23,25)/t16-/m1/s1. The van der Waals surface area contributed by atoms with E-state index in [1.54, 1.807) is 12.1 Å². The fraction of sp³-hybridized carbons (Fsp3) is 0.333. The Balaban J connectivity index is 1.73. The quantitative estimate of drug-likeness (QED) is 0.713. The second-order valence-electron chi connectivity index (χ2n) is 6.12. The highest BCUT2D eigenvalue weighted by atomic mass is 16.5. The van der Waals surface area contributed by atoms with Crippen LogP contribution in [-0.4, -0.2) is 18.4 Å². The van der Waals surface area contributed by atoms with E-state index in [4.69, 9.17) is 4.74 Å². The lowest BCUT2D eigenvalue weighted by Gasteiger charge is -2.14. The molecule has 0 aliphatic heterocycles. The van der Waals surface area contributed by atoms with Gasteiger partial charge in [0.1, 0.15) is 5.75 Å². The first-order chi connectivity index (χ1) is 12.6. The summed E-state index contributed by atoms with van der Waals surface area (Å²) in [6.45, 7) is 4.64. The van der Waals surface area contributed by atoms with Gasteiger partial charge < -0.3 is 15.4 Å². The molecule has 2 aromatic carbocycles. The van der Waals surface area contributed by atoms with Crippen molar-refractivity contribution in [3.05, 3.63) is 60.2 Å². The van der Waals surface area contributed by atoms with E-state index in [-0.39, 0.29) is 30.7 Å². The molecule has 0 aliphatic carbocycles. The van der Waals surface area contributed by atoms with Gasteiger partial charge >= 0.3 is 0 Å². The van der Waals surface area contributed by atoms with Crippen molar-refractivity contribution < 1.29 is 14.3 Å². The zero-order valence-electron chi connectivity index (χ0n) is 15.3. The highest BCUT2D eigenvalue weighted by Crippen LogP contribution is 2.16. The van der Waals surface area contributed by atoms with E-state index in [0.717, 1.165) is 17.7 Å². The van der Waals surface area contributed by atoms with Crippen LogP contribution >= 0.6 is 0 Å². The lowest BCUT2D eigenvalue weighted by atomic mass is 10.1. The SMILES string of the molecule is CCCOc1ccc(NC(=O)CCC(=O)N[C@H](C)c2ccccc2)cc1. The number of carbonyl (C=O) groups excluding carboxylic acids is 2. The van der Waals surface area contributed by atoms with Gasteiger partial charge in [0.05, 0.1) is 12.6 Å². The normalized spacial score (nSPS) is 11.5. The van der Waals surface area contributed by atoms with E-state index in [2.05, 4.69) is 10.6 Å². The van der Waals surface area contributed by atoms with Gasteiger partial charge in [0.25, 0.3) is 0 Å². The van der Waals surface area contributed by atoms with Gasteiger partial charge in [-0.25, -0.2) is 0 Å². The Labute approximate surface area is 154 Å². The monoisotopic (exact) mass is 354 g/mol. The minimum atomic E-state index is -0.185. The van der Waals surface area contributed by atoms with Gasteiger partial charge in [-0.2, -0.15) is 0 Å². The zero-order chi connectivity index (χ0) is 18.8. The molecule has 0 spiro atoms. The second-order valence-corrected chi connectivity index (χ2v) is 6.12. The fourth-order valence-corrected chi connectivity index (χ4v) is 2.44. The van der Waals surface area contributed by atoms with Crippen LogP contribution in [0.4, 0.5) is 5.69 Å². The molecule has 0 aliphatic rings. The van der Waals surface area contributed by atoms with Crippen LogP contribution in [0.1, 0.15) is 44.7 Å². The third-order valence-corrected chi connectivity index (χ3v) is 3.87. The number of carbonyl (C=O) groups is 2. The molecule has 0 fully saturated rings. The Morgan fingerprint density at radius 2 is 1.62 bits per heavy atom. The zero-order valence-corrected chi connectivity index (χ0v) is 15.3. The van der Waals surface area contributed by atoms with Crippen LogP contribution in [0.15, 0.2) is 54.6 Å². The van der Waals surface area contributed by atoms with Gasteiger partial charge in [0, 0.05) is 18.5 Å². The van der Waals surface area contributed by atoms with E-state index < -0.39 is 0 Å². The molecule has 5 nitrogen and oxygen atoms in total. The van der Waals surface area contributed by atoms with E-state index in [9.17, 15) is 9.59 Å². The van der Waals surface area contributed by atoms with Crippen molar-refractivity contribution in [2.75, 3.05) is 11.9 Å². The third kappa shape index (κ3) is 6.59. The summed E-state index contributed by atoms with van der Waals surface area (Å²) >= 11 is 0. The van der Waals surface area contributed by atoms with Gasteiger partial charge in [0.2, 0.25) is 11.8 Å². The Kier molecular flexibility index (Phi) is 7.68. The van der Waals surface area contributed by atoms with Crippen LogP contribution in [0.5, 0.6) is 5.75 Å². The van der Waals surface area contributed by atoms with Crippen molar-refractivity contribution in [1.29, 1.82) is 0 Å². The first kappa shape index (κ1) is 19.5. The Morgan fingerprint density at radius 1 is 0.962 bits per heavy atom. The highest BCUT2D eigenvalue weighted by Gasteiger charge is 2.11. The molecule has 0 heterocycles. The summed E-state index contributed by atoms with van der Waals surface area (Å²) in [6, 6.07) is 16.9. The molecule has 0 saturated heterocycles. The van der Waals surface area contributed by atoms with Crippen LogP contribution in [-0.2, 0) is 9.59 Å². The smallest absolute Gasteiger partial charge is 0.224 e. The van der Waals surface area contributed by atoms with Gasteiger partial charge in [-0.1, -0.05) is 37.3 Å². The lowest BCUT2D eigenvalue weighted by Crippen LogP contribution is -2.27. The minimum absolute atomic E-state index is 0.0811. The van der Waals surface area contributed by atoms with Crippen LogP contribution < -0.4 is 15.4 Å². The summed E-state index contributed by atoms with van der Waals surface area (Å²) < 4.78 is 5.50. The maximum Gasteiger partial charge on any atom is 0.224 e. The Bertz CT molecular complexity index is 699. The van der Waals surface area contributed by atoms with Crippen LogP contribution in [0.3, 0.4) is 0 Å². The molecule has 1 atom stereocenters. The van der Waals surface area contributed by atoms with Gasteiger partial charge in [-0.15, -0.1) is 0 Å². The summed E-state index contributed by atoms with van der Waals surface area (Å²) in [6.07, 6.45) is 1.24. The third-order valence-electron chi connectivity index (χ3n) is 3.87. The van der Waals surface area contributed by atoms with Gasteiger partial charge in [-0.05, 0) is 43.2 Å². The number of benzene rings is 2. The second kappa shape index (κ2) is 10.2. The maximum absolute atomic E-state index is 12.0. The molecular weight excluding hydrogens is 328 g/mol. The van der Waals surface area contributed by atoms with E-state index in [1.807, 2.05) is 56.3 Å². The molecule has 26 heavy (non-hydrogen) atoms. The van der Waals surface area contributed by atoms with E-state index >= 15 is 0 Å². The van der Waals surface area contributed by atoms with Crippen molar-refractivity contribution in [1.82, 2.24) is 5.32 Å². The number of amides is 2. The van der Waals surface area contributed by atoms with Crippen LogP contribution in [0.25, 0.3) is 0 Å². The predicted octanol–water partition coefficient (Wildman–Crippen LogP) is 4.07. The molecule has 2 amide bonds. The summed E-state index contributed by atoms with van der Waals surface area (Å²) in [5.74, 6) is 0.452. The molecule has 0 saturated carbocycles. The van der Waals surface area contributed by atoms with Gasteiger partial charge in [0.15, 0.2) is 0 Å². The first-order valence-corrected chi connectivity index (χ1v) is 8.95. The number of hydrogen-bond donors (Lipinski definition) is 2. The lowest BCUT2D eigenvalue weighted by molar-refractivity contribution is -0.124. The fourth-order valence-electron chi connectivity index (χ4n) is 2.44. The molecule has 0 aromatic heterocycles. The predicted molar refractivity (Wildman–Crippen MR) is 103 cm³/mol. The number of anilines is 1. The molecule has 0 unspecified atom stereocenters. The largest absolute Gasteiger partial charge is 0.494 e. The van der Waals surface area contributed by atoms with Crippen molar-refractivity contribution in [2.24, 2.45) is 0 Å². The van der Waals surface area contributed by atoms with Gasteiger partial charge in [-0.3, -0.25) is 9.59 Å². The first-order valence-electron chi connectivity index (χ1n) is 8.95. The topological polar surface area (TPSA) is 67.4 Å². The molecule has 2 N–H and O–H groups in total. The van der Waals surface area contributed by atoms with E-state index in [0.29, 0.717) is 12.3 Å². The average molecular weight is 354 g/mol. The summed E-state index contributed by atoms with van der Waals surface area (Å²) in [4.78, 5) is 24.0. The molecule has 138 valence electrons. The molecule has 0 radical (unpaired) electrons. The van der Waals surface area contributed by atoms with Crippen LogP contribution in [0.2, 0.25) is 0 Å². The molecule has 2 rings (SSSR count). The molecule has 5 heteroatoms. The highest BCUT2D eigenvalue weighted by molar-refractivity contribution is 5.93. The summed E-state index contributed by atoms with van der Waals surface area (Å²) in [7, 11) is 0. The number of ether oxygens (including phenoxy) is 1. The molecule has 2 aromatic rings. The van der Waals surface area contributed by atoms with Crippen molar-refractivity contribution >= 4 is 17.5 Å². The number of nitrogens with one attached hydrogen (secondary N) is 2. The van der Waals surface area contributed by atoms with Crippen LogP contribution in [0, 0.1) is 0 Å². The average Bonchev–Trinajstić information content (AvgIpc) is 2.66.